The molecule has 1 aromatic heterocycles. The highest BCUT2D eigenvalue weighted by Gasteiger charge is 2.23. The number of aryl methyl sites for hydroxylation is 1. The first-order valence-electron chi connectivity index (χ1n) is 10.0. The van der Waals surface area contributed by atoms with Gasteiger partial charge in [0.2, 0.25) is 5.91 Å². The number of amides is 1. The van der Waals surface area contributed by atoms with Gasteiger partial charge in [-0.2, -0.15) is 0 Å². The van der Waals surface area contributed by atoms with Crippen molar-refractivity contribution in [2.75, 3.05) is 5.75 Å². The Morgan fingerprint density at radius 3 is 2.85 bits per heavy atom. The average Bonchev–Trinajstić information content (AvgIpc) is 3.05. The maximum Gasteiger partial charge on any atom is 0.230 e. The van der Waals surface area contributed by atoms with Gasteiger partial charge in [0.15, 0.2) is 11.0 Å². The van der Waals surface area contributed by atoms with Crippen LogP contribution in [0.2, 0.25) is 0 Å². The van der Waals surface area contributed by atoms with Gasteiger partial charge in [-0.05, 0) is 38.2 Å². The second-order valence-corrected chi connectivity index (χ2v) is 8.49. The summed E-state index contributed by atoms with van der Waals surface area (Å²) in [4.78, 5) is 12.4. The molecule has 1 aromatic carbocycles. The van der Waals surface area contributed by atoms with E-state index in [1.807, 2.05) is 6.07 Å². The van der Waals surface area contributed by atoms with Crippen molar-refractivity contribution in [2.45, 2.75) is 70.6 Å². The predicted octanol–water partition coefficient (Wildman–Crippen LogP) is 4.45. The third-order valence-corrected chi connectivity index (χ3v) is 6.20. The van der Waals surface area contributed by atoms with E-state index in [2.05, 4.69) is 59.1 Å². The van der Waals surface area contributed by atoms with E-state index in [1.54, 1.807) is 0 Å². The lowest BCUT2D eigenvalue weighted by Crippen LogP contribution is -2.41. The number of nitrogens with zero attached hydrogens (tertiary/aromatic N) is 3. The van der Waals surface area contributed by atoms with Gasteiger partial charge in [-0.1, -0.05) is 62.2 Å². The van der Waals surface area contributed by atoms with Crippen molar-refractivity contribution in [1.82, 2.24) is 20.1 Å². The lowest BCUT2D eigenvalue weighted by Gasteiger charge is -2.29. The summed E-state index contributed by atoms with van der Waals surface area (Å²) >= 11 is 1.48. The van der Waals surface area contributed by atoms with E-state index in [0.29, 0.717) is 17.7 Å². The van der Waals surface area contributed by atoms with Crippen LogP contribution in [0.25, 0.3) is 11.4 Å². The van der Waals surface area contributed by atoms with Crippen LogP contribution >= 0.6 is 11.8 Å². The molecule has 0 spiro atoms. The third kappa shape index (κ3) is 5.12. The maximum absolute atomic E-state index is 12.4. The molecule has 0 unspecified atom stereocenters. The third-order valence-electron chi connectivity index (χ3n) is 5.23. The van der Waals surface area contributed by atoms with Crippen LogP contribution in [0.15, 0.2) is 29.4 Å². The van der Waals surface area contributed by atoms with Gasteiger partial charge >= 0.3 is 0 Å². The molecule has 27 heavy (non-hydrogen) atoms. The molecule has 146 valence electrons. The number of nitrogens with one attached hydrogen (secondary N) is 1. The van der Waals surface area contributed by atoms with Crippen LogP contribution in [0.1, 0.15) is 51.5 Å². The number of benzene rings is 1. The minimum absolute atomic E-state index is 0.0990. The zero-order valence-corrected chi connectivity index (χ0v) is 17.4. The summed E-state index contributed by atoms with van der Waals surface area (Å²) in [5, 5.41) is 12.8. The molecule has 1 heterocycles. The number of rotatable bonds is 7. The van der Waals surface area contributed by atoms with Crippen molar-refractivity contribution in [3.05, 3.63) is 29.8 Å². The van der Waals surface area contributed by atoms with E-state index in [9.17, 15) is 4.79 Å². The minimum atomic E-state index is 0.0990. The van der Waals surface area contributed by atoms with Crippen molar-refractivity contribution >= 4 is 17.7 Å². The molecule has 3 rings (SSSR count). The monoisotopic (exact) mass is 386 g/mol. The van der Waals surface area contributed by atoms with E-state index in [4.69, 9.17) is 0 Å². The fraction of sp³-hybridized carbons (Fsp3) is 0.571. The highest BCUT2D eigenvalue weighted by atomic mass is 32.2. The Labute approximate surface area is 166 Å². The van der Waals surface area contributed by atoms with Crippen LogP contribution in [0.3, 0.4) is 0 Å². The van der Waals surface area contributed by atoms with E-state index >= 15 is 0 Å². The van der Waals surface area contributed by atoms with Crippen molar-refractivity contribution in [3.63, 3.8) is 0 Å². The number of hydrogen-bond acceptors (Lipinski definition) is 4. The Bertz CT molecular complexity index is 773. The van der Waals surface area contributed by atoms with E-state index in [1.165, 1.54) is 36.6 Å². The van der Waals surface area contributed by atoms with Gasteiger partial charge in [0.25, 0.3) is 0 Å². The van der Waals surface area contributed by atoms with Gasteiger partial charge in [-0.3, -0.25) is 4.79 Å². The summed E-state index contributed by atoms with van der Waals surface area (Å²) in [6.45, 7) is 7.31. The number of hydrogen-bond donors (Lipinski definition) is 1. The van der Waals surface area contributed by atoms with Crippen molar-refractivity contribution in [3.8, 4) is 11.4 Å². The zero-order valence-electron chi connectivity index (χ0n) is 16.6. The first-order chi connectivity index (χ1) is 13.1. The molecule has 1 aliphatic carbocycles. The van der Waals surface area contributed by atoms with Gasteiger partial charge in [-0.25, -0.2) is 0 Å². The lowest BCUT2D eigenvalue weighted by molar-refractivity contribution is -0.119. The van der Waals surface area contributed by atoms with Crippen LogP contribution in [0, 0.1) is 12.8 Å². The van der Waals surface area contributed by atoms with Gasteiger partial charge in [0.1, 0.15) is 0 Å². The second kappa shape index (κ2) is 9.40. The fourth-order valence-electron chi connectivity index (χ4n) is 3.73. The van der Waals surface area contributed by atoms with Crippen LogP contribution in [-0.4, -0.2) is 32.5 Å². The zero-order chi connectivity index (χ0) is 19.2. The fourth-order valence-corrected chi connectivity index (χ4v) is 4.50. The maximum atomic E-state index is 12.4. The highest BCUT2D eigenvalue weighted by molar-refractivity contribution is 7.99. The molecular formula is C21H30N4OS. The van der Waals surface area contributed by atoms with Crippen molar-refractivity contribution < 1.29 is 4.79 Å². The van der Waals surface area contributed by atoms with Crippen molar-refractivity contribution in [2.24, 2.45) is 5.92 Å². The van der Waals surface area contributed by atoms with Gasteiger partial charge in [-0.15, -0.1) is 10.2 Å². The number of carbonyl (C=O) groups excluding carboxylic acids is 1. The minimum Gasteiger partial charge on any atom is -0.352 e. The van der Waals surface area contributed by atoms with Gasteiger partial charge in [0.05, 0.1) is 5.75 Å². The van der Waals surface area contributed by atoms with Crippen LogP contribution in [0.5, 0.6) is 0 Å². The van der Waals surface area contributed by atoms with E-state index in [-0.39, 0.29) is 5.91 Å². The summed E-state index contributed by atoms with van der Waals surface area (Å²) in [5.41, 5.74) is 2.28. The first kappa shape index (κ1) is 19.9. The first-order valence-corrected chi connectivity index (χ1v) is 11.0. The summed E-state index contributed by atoms with van der Waals surface area (Å²) in [6.07, 6.45) is 5.80. The Hall–Kier alpha value is -1.82. The molecule has 1 amide bonds. The smallest absolute Gasteiger partial charge is 0.230 e. The van der Waals surface area contributed by atoms with Crippen LogP contribution in [0.4, 0.5) is 0 Å². The molecule has 1 saturated carbocycles. The van der Waals surface area contributed by atoms with E-state index < -0.39 is 0 Å². The standard InChI is InChI=1S/C21H30N4OS/c1-4-12-25-20(17-10-7-8-15(2)13-17)23-24-21(25)27-14-19(26)22-18-11-6-5-9-16(18)3/h7-8,10,13,16,18H,4-6,9,11-12,14H2,1-3H3,(H,22,26)/t16-,18-/m0/s1. The number of thioether (sulfide) groups is 1. The van der Waals surface area contributed by atoms with Crippen LogP contribution in [-0.2, 0) is 11.3 Å². The molecule has 0 bridgehead atoms. The highest BCUT2D eigenvalue weighted by Crippen LogP contribution is 2.26. The summed E-state index contributed by atoms with van der Waals surface area (Å²) in [6, 6.07) is 8.64. The largest absolute Gasteiger partial charge is 0.352 e. The molecule has 0 saturated heterocycles. The topological polar surface area (TPSA) is 59.8 Å². The quantitative estimate of drug-likeness (QED) is 0.714. The summed E-state index contributed by atoms with van der Waals surface area (Å²) < 4.78 is 2.13. The molecule has 2 atom stereocenters. The SMILES string of the molecule is CCCn1c(SCC(=O)N[C@H]2CCCC[C@@H]2C)nnc1-c1cccc(C)c1. The molecule has 0 radical (unpaired) electrons. The predicted molar refractivity (Wildman–Crippen MR) is 111 cm³/mol. The Morgan fingerprint density at radius 1 is 1.30 bits per heavy atom. The van der Waals surface area contributed by atoms with Gasteiger partial charge < -0.3 is 9.88 Å². The second-order valence-electron chi connectivity index (χ2n) is 7.55. The average molecular weight is 387 g/mol. The summed E-state index contributed by atoms with van der Waals surface area (Å²) in [7, 11) is 0. The molecular weight excluding hydrogens is 356 g/mol. The summed E-state index contributed by atoms with van der Waals surface area (Å²) in [5.74, 6) is 1.94. The molecule has 1 fully saturated rings. The number of aromatic nitrogens is 3. The molecule has 6 heteroatoms. The molecule has 5 nitrogen and oxygen atoms in total. The Morgan fingerprint density at radius 2 is 2.11 bits per heavy atom. The van der Waals surface area contributed by atoms with Crippen LogP contribution < -0.4 is 5.32 Å². The van der Waals surface area contributed by atoms with E-state index in [0.717, 1.165) is 35.9 Å². The van der Waals surface area contributed by atoms with Gasteiger partial charge in [0, 0.05) is 18.2 Å². The molecule has 1 N–H and O–H groups in total. The normalized spacial score (nSPS) is 19.8. The Kier molecular flexibility index (Phi) is 6.94. The molecule has 2 aromatic rings. The molecule has 0 aliphatic heterocycles. The number of carbonyl (C=O) groups is 1. The Balaban J connectivity index is 1.67. The molecule has 1 aliphatic rings. The van der Waals surface area contributed by atoms with Crippen molar-refractivity contribution in [1.29, 1.82) is 0 Å². The lowest BCUT2D eigenvalue weighted by atomic mass is 9.86.